The predicted molar refractivity (Wildman–Crippen MR) is 105 cm³/mol. The van der Waals surface area contributed by atoms with Gasteiger partial charge in [0.2, 0.25) is 10.0 Å². The Balaban J connectivity index is 1.70. The van der Waals surface area contributed by atoms with E-state index in [-0.39, 0.29) is 4.90 Å². The van der Waals surface area contributed by atoms with E-state index < -0.39 is 10.0 Å². The molecule has 1 fully saturated rings. The topological polar surface area (TPSA) is 59.1 Å². The molecule has 0 saturated carbocycles. The quantitative estimate of drug-likeness (QED) is 0.759. The predicted octanol–water partition coefficient (Wildman–Crippen LogP) is 2.52. The number of sulfonamides is 1. The highest BCUT2D eigenvalue weighted by Crippen LogP contribution is 2.31. The summed E-state index contributed by atoms with van der Waals surface area (Å²) in [6, 6.07) is 13.3. The van der Waals surface area contributed by atoms with Crippen molar-refractivity contribution in [3.63, 3.8) is 0 Å². The lowest BCUT2D eigenvalue weighted by Crippen LogP contribution is -2.48. The Morgan fingerprint density at radius 3 is 2.19 bits per heavy atom. The van der Waals surface area contributed by atoms with Crippen LogP contribution in [0.4, 0.5) is 0 Å². The third-order valence-electron chi connectivity index (χ3n) is 4.85. The van der Waals surface area contributed by atoms with Crippen LogP contribution in [0.5, 0.6) is 11.5 Å². The van der Waals surface area contributed by atoms with Crippen LogP contribution in [0.25, 0.3) is 0 Å². The van der Waals surface area contributed by atoms with Crippen LogP contribution >= 0.6 is 0 Å². The van der Waals surface area contributed by atoms with Gasteiger partial charge in [0.05, 0.1) is 14.2 Å². The van der Waals surface area contributed by atoms with Crippen LogP contribution in [0.2, 0.25) is 0 Å². The Bertz CT molecular complexity index is 873. The molecule has 0 radical (unpaired) electrons. The smallest absolute Gasteiger partial charge is 0.246 e. The van der Waals surface area contributed by atoms with Crippen molar-refractivity contribution in [3.05, 3.63) is 53.6 Å². The van der Waals surface area contributed by atoms with E-state index in [0.717, 1.165) is 6.54 Å². The highest BCUT2D eigenvalue weighted by atomic mass is 32.2. The lowest BCUT2D eigenvalue weighted by Gasteiger charge is -2.34. The molecule has 0 bridgehead atoms. The summed E-state index contributed by atoms with van der Waals surface area (Å²) < 4.78 is 38.2. The number of nitrogens with zero attached hydrogens (tertiary/aromatic N) is 2. The van der Waals surface area contributed by atoms with Gasteiger partial charge in [0, 0.05) is 38.8 Å². The van der Waals surface area contributed by atoms with E-state index >= 15 is 0 Å². The summed E-state index contributed by atoms with van der Waals surface area (Å²) in [5, 5.41) is 0. The lowest BCUT2D eigenvalue weighted by atomic mass is 10.1. The highest BCUT2D eigenvalue weighted by molar-refractivity contribution is 7.89. The molecule has 2 aromatic rings. The fourth-order valence-electron chi connectivity index (χ4n) is 3.20. The molecule has 0 spiro atoms. The molecule has 0 atom stereocenters. The van der Waals surface area contributed by atoms with E-state index in [1.165, 1.54) is 35.7 Å². The summed E-state index contributed by atoms with van der Waals surface area (Å²) >= 11 is 0. The van der Waals surface area contributed by atoms with Crippen LogP contribution < -0.4 is 9.47 Å². The van der Waals surface area contributed by atoms with Crippen molar-refractivity contribution in [3.8, 4) is 11.5 Å². The minimum atomic E-state index is -3.64. The summed E-state index contributed by atoms with van der Waals surface area (Å²) in [6.45, 7) is 5.19. The zero-order chi connectivity index (χ0) is 19.4. The molecule has 27 heavy (non-hydrogen) atoms. The van der Waals surface area contributed by atoms with Crippen LogP contribution in [-0.4, -0.2) is 58.0 Å². The molecule has 1 aliphatic heterocycles. The van der Waals surface area contributed by atoms with Crippen LogP contribution in [0.15, 0.2) is 47.4 Å². The van der Waals surface area contributed by atoms with Crippen molar-refractivity contribution in [2.75, 3.05) is 40.4 Å². The van der Waals surface area contributed by atoms with Crippen LogP contribution in [-0.2, 0) is 16.6 Å². The summed E-state index contributed by atoms with van der Waals surface area (Å²) in [5.74, 6) is 0.824. The summed E-state index contributed by atoms with van der Waals surface area (Å²) in [5.41, 5.74) is 2.48. The van der Waals surface area contributed by atoms with Gasteiger partial charge < -0.3 is 9.47 Å². The number of aryl methyl sites for hydroxylation is 1. The molecule has 1 saturated heterocycles. The number of benzene rings is 2. The molecule has 0 amide bonds. The Labute approximate surface area is 161 Å². The van der Waals surface area contributed by atoms with Gasteiger partial charge >= 0.3 is 0 Å². The molecular weight excluding hydrogens is 364 g/mol. The largest absolute Gasteiger partial charge is 0.497 e. The zero-order valence-electron chi connectivity index (χ0n) is 16.0. The van der Waals surface area contributed by atoms with Gasteiger partial charge in [0.15, 0.2) is 0 Å². The van der Waals surface area contributed by atoms with Crippen molar-refractivity contribution in [1.29, 1.82) is 0 Å². The molecular formula is C20H26N2O4S. The number of methoxy groups -OCH3 is 2. The Morgan fingerprint density at radius 2 is 1.59 bits per heavy atom. The average molecular weight is 391 g/mol. The van der Waals surface area contributed by atoms with Gasteiger partial charge in [-0.15, -0.1) is 0 Å². The number of piperazine rings is 1. The van der Waals surface area contributed by atoms with Gasteiger partial charge in [-0.2, -0.15) is 4.31 Å². The van der Waals surface area contributed by atoms with Gasteiger partial charge in [-0.05, 0) is 24.6 Å². The maximum absolute atomic E-state index is 13.1. The first-order valence-corrected chi connectivity index (χ1v) is 10.4. The van der Waals surface area contributed by atoms with Gasteiger partial charge in [0.25, 0.3) is 0 Å². The summed E-state index contributed by atoms with van der Waals surface area (Å²) in [6.07, 6.45) is 0. The molecule has 0 aliphatic carbocycles. The second-order valence-electron chi connectivity index (χ2n) is 6.68. The lowest BCUT2D eigenvalue weighted by molar-refractivity contribution is 0.181. The first kappa shape index (κ1) is 19.7. The second kappa shape index (κ2) is 8.29. The standard InChI is InChI=1S/C20H26N2O4S/c1-16-4-6-17(7-5-16)15-21-10-12-22(13-11-21)27(23,24)20-14-18(25-2)8-9-19(20)26-3/h4-9,14H,10-13,15H2,1-3H3. The van der Waals surface area contributed by atoms with E-state index in [1.807, 2.05) is 0 Å². The van der Waals surface area contributed by atoms with E-state index in [1.54, 1.807) is 12.1 Å². The molecule has 0 unspecified atom stereocenters. The van der Waals surface area contributed by atoms with Gasteiger partial charge in [-0.3, -0.25) is 4.90 Å². The zero-order valence-corrected chi connectivity index (χ0v) is 16.8. The van der Waals surface area contributed by atoms with Crippen LogP contribution in [0, 0.1) is 6.92 Å². The molecule has 2 aromatic carbocycles. The second-order valence-corrected chi connectivity index (χ2v) is 8.59. The fourth-order valence-corrected chi connectivity index (χ4v) is 4.80. The highest BCUT2D eigenvalue weighted by Gasteiger charge is 2.31. The minimum absolute atomic E-state index is 0.149. The third-order valence-corrected chi connectivity index (χ3v) is 6.77. The Morgan fingerprint density at radius 1 is 0.926 bits per heavy atom. The van der Waals surface area contributed by atoms with E-state index in [4.69, 9.17) is 9.47 Å². The SMILES string of the molecule is COc1ccc(OC)c(S(=O)(=O)N2CCN(Cc3ccc(C)cc3)CC2)c1. The van der Waals surface area contributed by atoms with Crippen molar-refractivity contribution in [2.24, 2.45) is 0 Å². The molecule has 3 rings (SSSR count). The summed E-state index contributed by atoms with van der Waals surface area (Å²) in [4.78, 5) is 2.43. The monoisotopic (exact) mass is 390 g/mol. The average Bonchev–Trinajstić information content (AvgIpc) is 2.69. The Hall–Kier alpha value is -2.09. The van der Waals surface area contributed by atoms with E-state index in [0.29, 0.717) is 37.7 Å². The molecule has 0 aromatic heterocycles. The molecule has 6 nitrogen and oxygen atoms in total. The fraction of sp³-hybridized carbons (Fsp3) is 0.400. The van der Waals surface area contributed by atoms with Crippen LogP contribution in [0.3, 0.4) is 0 Å². The number of rotatable bonds is 6. The molecule has 1 aliphatic rings. The first-order chi connectivity index (χ1) is 12.9. The molecule has 146 valence electrons. The minimum Gasteiger partial charge on any atom is -0.497 e. The number of hydrogen-bond acceptors (Lipinski definition) is 5. The van der Waals surface area contributed by atoms with Gasteiger partial charge in [0.1, 0.15) is 16.4 Å². The molecule has 1 heterocycles. The Kier molecular flexibility index (Phi) is 6.04. The third kappa shape index (κ3) is 4.43. The maximum Gasteiger partial charge on any atom is 0.246 e. The van der Waals surface area contributed by atoms with E-state index in [2.05, 4.69) is 36.1 Å². The molecule has 7 heteroatoms. The molecule has 0 N–H and O–H groups in total. The maximum atomic E-state index is 13.1. The van der Waals surface area contributed by atoms with Crippen molar-refractivity contribution < 1.29 is 17.9 Å². The van der Waals surface area contributed by atoms with Gasteiger partial charge in [-0.25, -0.2) is 8.42 Å². The van der Waals surface area contributed by atoms with Crippen LogP contribution in [0.1, 0.15) is 11.1 Å². The first-order valence-electron chi connectivity index (χ1n) is 8.94. The normalized spacial score (nSPS) is 16.3. The van der Waals surface area contributed by atoms with Gasteiger partial charge in [-0.1, -0.05) is 29.8 Å². The summed E-state index contributed by atoms with van der Waals surface area (Å²) in [7, 11) is -0.649. The van der Waals surface area contributed by atoms with Crippen molar-refractivity contribution >= 4 is 10.0 Å². The van der Waals surface area contributed by atoms with Crippen molar-refractivity contribution in [1.82, 2.24) is 9.21 Å². The number of hydrogen-bond donors (Lipinski definition) is 0. The van der Waals surface area contributed by atoms with Crippen molar-refractivity contribution in [2.45, 2.75) is 18.4 Å². The number of ether oxygens (including phenoxy) is 2. The van der Waals surface area contributed by atoms with E-state index in [9.17, 15) is 8.42 Å².